The minimum absolute atomic E-state index is 0.412. The van der Waals surface area contributed by atoms with Gasteiger partial charge in [-0.05, 0) is 25.3 Å². The van der Waals surface area contributed by atoms with Crippen molar-refractivity contribution in [2.75, 3.05) is 25.9 Å². The van der Waals surface area contributed by atoms with Crippen LogP contribution in [0.2, 0.25) is 0 Å². The van der Waals surface area contributed by atoms with Crippen molar-refractivity contribution in [3.05, 3.63) is 35.4 Å². The minimum Gasteiger partial charge on any atom is -0.299 e. The summed E-state index contributed by atoms with van der Waals surface area (Å²) in [5.41, 5.74) is 2.32. The Labute approximate surface area is 141 Å². The third kappa shape index (κ3) is 5.75. The van der Waals surface area contributed by atoms with Gasteiger partial charge < -0.3 is 0 Å². The van der Waals surface area contributed by atoms with Crippen LogP contribution < -0.4 is 0 Å². The van der Waals surface area contributed by atoms with Crippen LogP contribution in [0.15, 0.2) is 24.3 Å². The van der Waals surface area contributed by atoms with Gasteiger partial charge in [-0.2, -0.15) is 17.5 Å². The van der Waals surface area contributed by atoms with E-state index in [0.29, 0.717) is 30.2 Å². The lowest BCUT2D eigenvalue weighted by Gasteiger charge is -2.37. The van der Waals surface area contributed by atoms with Crippen LogP contribution in [0.4, 0.5) is 13.2 Å². The third-order valence-corrected chi connectivity index (χ3v) is 5.53. The Morgan fingerprint density at radius 3 is 2.17 bits per heavy atom. The summed E-state index contributed by atoms with van der Waals surface area (Å²) in [7, 11) is -3.88. The van der Waals surface area contributed by atoms with E-state index >= 15 is 0 Å². The maximum atomic E-state index is 12.7. The molecule has 0 aliphatic carbocycles. The van der Waals surface area contributed by atoms with Crippen LogP contribution in [0, 0.1) is 6.92 Å². The molecule has 1 fully saturated rings. The van der Waals surface area contributed by atoms with Gasteiger partial charge in [0.15, 0.2) is 0 Å². The number of hydrogen-bond acceptors (Lipinski definition) is 3. The Hall–Kier alpha value is -1.12. The maximum absolute atomic E-state index is 12.7. The van der Waals surface area contributed by atoms with Crippen LogP contribution in [0.25, 0.3) is 0 Å². The Kier molecular flexibility index (Phi) is 5.93. The van der Waals surface area contributed by atoms with Gasteiger partial charge in [0.2, 0.25) is 10.0 Å². The molecule has 0 radical (unpaired) electrons. The van der Waals surface area contributed by atoms with E-state index in [-0.39, 0.29) is 0 Å². The van der Waals surface area contributed by atoms with Gasteiger partial charge in [0.25, 0.3) is 0 Å². The third-order valence-electron chi connectivity index (χ3n) is 4.25. The lowest BCUT2D eigenvalue weighted by Crippen LogP contribution is -2.49. The van der Waals surface area contributed by atoms with Crippen molar-refractivity contribution >= 4 is 10.0 Å². The molecule has 0 aromatic heterocycles. The van der Waals surface area contributed by atoms with Crippen molar-refractivity contribution in [3.8, 4) is 0 Å². The molecular formula is C16H23F3N2O2S. The summed E-state index contributed by atoms with van der Waals surface area (Å²) in [6.07, 6.45) is -2.86. The molecule has 136 valence electrons. The largest absolute Gasteiger partial charge is 0.402 e. The number of hydrogen-bond donors (Lipinski definition) is 0. The Bertz CT molecular complexity index is 636. The van der Waals surface area contributed by atoms with Crippen molar-refractivity contribution in [2.24, 2.45) is 0 Å². The zero-order valence-electron chi connectivity index (χ0n) is 13.9. The molecule has 0 N–H and O–H groups in total. The van der Waals surface area contributed by atoms with Crippen LogP contribution in [0.5, 0.6) is 0 Å². The molecule has 1 aromatic rings. The van der Waals surface area contributed by atoms with Crippen LogP contribution in [0.3, 0.4) is 0 Å². The predicted octanol–water partition coefficient (Wildman–Crippen LogP) is 2.78. The smallest absolute Gasteiger partial charge is 0.299 e. The summed E-state index contributed by atoms with van der Waals surface area (Å²) < 4.78 is 62.1. The number of likely N-dealkylation sites (tertiary alicyclic amines) is 1. The normalized spacial score (nSPS) is 18.2. The molecule has 1 aliphatic heterocycles. The molecule has 1 heterocycles. The Balaban J connectivity index is 1.95. The van der Waals surface area contributed by atoms with Gasteiger partial charge >= 0.3 is 6.18 Å². The van der Waals surface area contributed by atoms with E-state index in [9.17, 15) is 21.6 Å². The predicted molar refractivity (Wildman–Crippen MR) is 87.1 cm³/mol. The number of alkyl halides is 3. The van der Waals surface area contributed by atoms with Crippen molar-refractivity contribution in [2.45, 2.75) is 38.5 Å². The number of piperidine rings is 1. The van der Waals surface area contributed by atoms with Gasteiger partial charge in [0, 0.05) is 25.7 Å². The van der Waals surface area contributed by atoms with E-state index in [2.05, 4.69) is 4.90 Å². The monoisotopic (exact) mass is 364 g/mol. The van der Waals surface area contributed by atoms with Crippen LogP contribution in [0.1, 0.15) is 24.0 Å². The van der Waals surface area contributed by atoms with E-state index in [1.807, 2.05) is 31.2 Å². The van der Waals surface area contributed by atoms with Crippen molar-refractivity contribution in [1.29, 1.82) is 0 Å². The minimum atomic E-state index is -4.53. The quantitative estimate of drug-likeness (QED) is 0.807. The first-order valence-corrected chi connectivity index (χ1v) is 9.71. The highest BCUT2D eigenvalue weighted by Gasteiger charge is 2.39. The Morgan fingerprint density at radius 2 is 1.71 bits per heavy atom. The fourth-order valence-electron chi connectivity index (χ4n) is 3.01. The van der Waals surface area contributed by atoms with Gasteiger partial charge in [-0.1, -0.05) is 29.8 Å². The van der Waals surface area contributed by atoms with E-state index in [4.69, 9.17) is 0 Å². The lowest BCUT2D eigenvalue weighted by atomic mass is 10.0. The number of nitrogens with zero attached hydrogens (tertiary/aromatic N) is 2. The van der Waals surface area contributed by atoms with E-state index in [1.165, 1.54) is 5.56 Å². The first-order chi connectivity index (χ1) is 11.0. The average molecular weight is 364 g/mol. The first kappa shape index (κ1) is 19.2. The summed E-state index contributed by atoms with van der Waals surface area (Å²) in [5.74, 6) is 0. The topological polar surface area (TPSA) is 40.6 Å². The summed E-state index contributed by atoms with van der Waals surface area (Å²) in [6, 6.07) is 7.53. The van der Waals surface area contributed by atoms with E-state index in [1.54, 1.807) is 0 Å². The fourth-order valence-corrected chi connectivity index (χ4v) is 4.14. The van der Waals surface area contributed by atoms with E-state index < -0.39 is 28.8 Å². The van der Waals surface area contributed by atoms with Crippen LogP contribution in [-0.2, 0) is 16.6 Å². The van der Waals surface area contributed by atoms with Crippen molar-refractivity contribution < 1.29 is 21.6 Å². The van der Waals surface area contributed by atoms with E-state index in [0.717, 1.165) is 18.4 Å². The average Bonchev–Trinajstić information content (AvgIpc) is 2.46. The molecule has 0 spiro atoms. The number of aryl methyl sites for hydroxylation is 1. The fraction of sp³-hybridized carbons (Fsp3) is 0.625. The molecule has 0 atom stereocenters. The van der Waals surface area contributed by atoms with Gasteiger partial charge in [0.1, 0.15) is 6.54 Å². The first-order valence-electron chi connectivity index (χ1n) is 7.86. The molecule has 0 bridgehead atoms. The molecule has 24 heavy (non-hydrogen) atoms. The molecule has 0 saturated carbocycles. The highest BCUT2D eigenvalue weighted by molar-refractivity contribution is 7.88. The summed E-state index contributed by atoms with van der Waals surface area (Å²) in [5, 5.41) is 0. The zero-order valence-corrected chi connectivity index (χ0v) is 14.7. The molecular weight excluding hydrogens is 341 g/mol. The number of halogens is 3. The van der Waals surface area contributed by atoms with Crippen LogP contribution >= 0.6 is 0 Å². The lowest BCUT2D eigenvalue weighted by molar-refractivity contribution is -0.140. The second-order valence-electron chi connectivity index (χ2n) is 6.42. The molecule has 1 aliphatic rings. The molecule has 8 heteroatoms. The molecule has 0 amide bonds. The highest BCUT2D eigenvalue weighted by atomic mass is 32.2. The Morgan fingerprint density at radius 1 is 1.17 bits per heavy atom. The number of benzene rings is 1. The SMILES string of the molecule is Cc1ccc(CN2CCC(N(CC(F)(F)F)S(C)(=O)=O)CC2)cc1. The van der Waals surface area contributed by atoms with Gasteiger partial charge in [-0.25, -0.2) is 8.42 Å². The highest BCUT2D eigenvalue weighted by Crippen LogP contribution is 2.25. The molecule has 1 saturated heterocycles. The van der Waals surface area contributed by atoms with Crippen LogP contribution in [-0.4, -0.2) is 55.7 Å². The van der Waals surface area contributed by atoms with Gasteiger partial charge in [-0.3, -0.25) is 4.90 Å². The second-order valence-corrected chi connectivity index (χ2v) is 8.35. The van der Waals surface area contributed by atoms with Crippen molar-refractivity contribution in [3.63, 3.8) is 0 Å². The maximum Gasteiger partial charge on any atom is 0.402 e. The summed E-state index contributed by atoms with van der Waals surface area (Å²) in [6.45, 7) is 2.50. The summed E-state index contributed by atoms with van der Waals surface area (Å²) >= 11 is 0. The van der Waals surface area contributed by atoms with Gasteiger partial charge in [0.05, 0.1) is 6.26 Å². The standard InChI is InChI=1S/C16H23F3N2O2S/c1-13-3-5-14(6-4-13)11-20-9-7-15(8-10-20)21(24(2,22)23)12-16(17,18)19/h3-6,15H,7-12H2,1-2H3. The number of rotatable bonds is 5. The zero-order chi connectivity index (χ0) is 18.0. The molecule has 2 rings (SSSR count). The second kappa shape index (κ2) is 7.41. The molecule has 0 unspecified atom stereocenters. The molecule has 4 nitrogen and oxygen atoms in total. The van der Waals surface area contributed by atoms with Crippen molar-refractivity contribution in [1.82, 2.24) is 9.21 Å². The number of sulfonamides is 1. The summed E-state index contributed by atoms with van der Waals surface area (Å²) in [4.78, 5) is 2.15. The molecule has 1 aromatic carbocycles. The van der Waals surface area contributed by atoms with Gasteiger partial charge in [-0.15, -0.1) is 0 Å².